The smallest absolute Gasteiger partial charge is 0.408 e. The minimum absolute atomic E-state index is 0.0838. The first-order valence-electron chi connectivity index (χ1n) is 7.93. The van der Waals surface area contributed by atoms with E-state index in [1.54, 1.807) is 41.5 Å². The van der Waals surface area contributed by atoms with E-state index in [1.807, 2.05) is 0 Å². The summed E-state index contributed by atoms with van der Waals surface area (Å²) < 4.78 is 28.8. The van der Waals surface area contributed by atoms with E-state index < -0.39 is 41.6 Å². The second-order valence-corrected chi connectivity index (χ2v) is 7.38. The number of carbonyl (C=O) groups excluding carboxylic acids is 3. The minimum atomic E-state index is -1.78. The van der Waals surface area contributed by atoms with Crippen LogP contribution in [0.3, 0.4) is 0 Å². The SMILES string of the molecule is COC(=O)[C@@H](NC(=O)OC(C)(C)C)[C@H](F)CCNC(=O)OC(C)(C)C. The molecule has 8 nitrogen and oxygen atoms in total. The number of halogens is 1. The molecule has 0 saturated carbocycles. The highest BCUT2D eigenvalue weighted by Gasteiger charge is 2.32. The van der Waals surface area contributed by atoms with Gasteiger partial charge >= 0.3 is 18.2 Å². The number of ether oxygens (including phenoxy) is 3. The van der Waals surface area contributed by atoms with Crippen LogP contribution in [-0.4, -0.2) is 55.2 Å². The monoisotopic (exact) mass is 364 g/mol. The Bertz CT molecular complexity index is 470. The molecule has 0 rings (SSSR count). The van der Waals surface area contributed by atoms with Gasteiger partial charge in [-0.25, -0.2) is 18.8 Å². The number of nitrogens with one attached hydrogen (secondary N) is 2. The summed E-state index contributed by atoms with van der Waals surface area (Å²) in [6.45, 7) is 9.92. The summed E-state index contributed by atoms with van der Waals surface area (Å²) in [5.74, 6) is -0.948. The van der Waals surface area contributed by atoms with Crippen LogP contribution in [-0.2, 0) is 19.0 Å². The van der Waals surface area contributed by atoms with Crippen LogP contribution in [0.15, 0.2) is 0 Å². The third-order valence-electron chi connectivity index (χ3n) is 2.58. The molecule has 2 amide bonds. The molecule has 2 N–H and O–H groups in total. The van der Waals surface area contributed by atoms with Gasteiger partial charge in [0.25, 0.3) is 0 Å². The largest absolute Gasteiger partial charge is 0.467 e. The molecule has 0 bridgehead atoms. The molecule has 0 aliphatic carbocycles. The average molecular weight is 364 g/mol. The molecule has 0 aromatic heterocycles. The zero-order valence-corrected chi connectivity index (χ0v) is 15.9. The predicted octanol–water partition coefficient (Wildman–Crippen LogP) is 2.31. The van der Waals surface area contributed by atoms with Gasteiger partial charge in [-0.3, -0.25) is 0 Å². The third-order valence-corrected chi connectivity index (χ3v) is 2.58. The van der Waals surface area contributed by atoms with Gasteiger partial charge in [0, 0.05) is 6.54 Å². The van der Waals surface area contributed by atoms with Crippen LogP contribution in [0, 0.1) is 0 Å². The first kappa shape index (κ1) is 22.9. The number of carbonyl (C=O) groups is 3. The zero-order chi connectivity index (χ0) is 19.8. The molecule has 9 heteroatoms. The molecule has 0 saturated heterocycles. The van der Waals surface area contributed by atoms with Crippen LogP contribution in [0.5, 0.6) is 0 Å². The number of amides is 2. The van der Waals surface area contributed by atoms with Gasteiger partial charge in [0.2, 0.25) is 0 Å². The quantitative estimate of drug-likeness (QED) is 0.554. The summed E-state index contributed by atoms with van der Waals surface area (Å²) in [6.07, 6.45) is -3.65. The van der Waals surface area contributed by atoms with Gasteiger partial charge in [-0.1, -0.05) is 0 Å². The number of hydrogen-bond acceptors (Lipinski definition) is 6. The molecule has 0 aliphatic rings. The summed E-state index contributed by atoms with van der Waals surface area (Å²) in [4.78, 5) is 34.9. The van der Waals surface area contributed by atoms with Gasteiger partial charge in [0.1, 0.15) is 17.4 Å². The fourth-order valence-corrected chi connectivity index (χ4v) is 1.65. The Kier molecular flexibility index (Phi) is 8.65. The maximum Gasteiger partial charge on any atom is 0.408 e. The Morgan fingerprint density at radius 2 is 1.44 bits per heavy atom. The minimum Gasteiger partial charge on any atom is -0.467 e. The molecule has 0 aromatic carbocycles. The van der Waals surface area contributed by atoms with E-state index in [0.29, 0.717) is 0 Å². The van der Waals surface area contributed by atoms with Crippen molar-refractivity contribution in [3.63, 3.8) is 0 Å². The maximum atomic E-state index is 14.3. The highest BCUT2D eigenvalue weighted by atomic mass is 19.1. The number of hydrogen-bond donors (Lipinski definition) is 2. The van der Waals surface area contributed by atoms with Crippen LogP contribution in [0.4, 0.5) is 14.0 Å². The molecule has 0 aromatic rings. The first-order chi connectivity index (χ1) is 11.2. The molecule has 0 spiro atoms. The molecule has 0 fully saturated rings. The van der Waals surface area contributed by atoms with Crippen molar-refractivity contribution >= 4 is 18.2 Å². The van der Waals surface area contributed by atoms with Crippen molar-refractivity contribution in [2.45, 2.75) is 71.4 Å². The van der Waals surface area contributed by atoms with Gasteiger partial charge in [-0.15, -0.1) is 0 Å². The Morgan fingerprint density at radius 1 is 0.960 bits per heavy atom. The summed E-state index contributed by atoms with van der Waals surface area (Å²) in [7, 11) is 1.08. The number of rotatable bonds is 6. The number of methoxy groups -OCH3 is 1. The van der Waals surface area contributed by atoms with Crippen molar-refractivity contribution in [3.8, 4) is 0 Å². The summed E-state index contributed by atoms with van der Waals surface area (Å²) in [5.41, 5.74) is -1.47. The normalized spacial score (nSPS) is 14.1. The van der Waals surface area contributed by atoms with Crippen molar-refractivity contribution in [1.29, 1.82) is 0 Å². The number of alkyl carbamates (subject to hydrolysis) is 2. The van der Waals surface area contributed by atoms with Crippen molar-refractivity contribution in [2.75, 3.05) is 13.7 Å². The van der Waals surface area contributed by atoms with Crippen LogP contribution in [0.2, 0.25) is 0 Å². The summed E-state index contributed by atoms with van der Waals surface area (Å²) in [6, 6.07) is -1.54. The van der Waals surface area contributed by atoms with Gasteiger partial charge < -0.3 is 24.8 Å². The second kappa shape index (κ2) is 9.43. The standard InChI is InChI=1S/C16H29FN2O6/c1-15(2,3)24-13(21)18-9-8-10(17)11(12(20)23-7)19-14(22)25-16(4,5)6/h10-11H,8-9H2,1-7H3,(H,18,21)(H,19,22)/t10-,11+/m1/s1. The molecular weight excluding hydrogens is 335 g/mol. The molecule has 0 heterocycles. The lowest BCUT2D eigenvalue weighted by molar-refractivity contribution is -0.145. The van der Waals surface area contributed by atoms with Crippen LogP contribution < -0.4 is 10.6 Å². The average Bonchev–Trinajstić information content (AvgIpc) is 2.39. The first-order valence-corrected chi connectivity index (χ1v) is 7.93. The zero-order valence-electron chi connectivity index (χ0n) is 15.9. The Morgan fingerprint density at radius 3 is 1.88 bits per heavy atom. The highest BCUT2D eigenvalue weighted by Crippen LogP contribution is 2.11. The summed E-state index contributed by atoms with van der Waals surface area (Å²) in [5, 5.41) is 4.52. The van der Waals surface area contributed by atoms with E-state index in [1.165, 1.54) is 0 Å². The maximum absolute atomic E-state index is 14.3. The fourth-order valence-electron chi connectivity index (χ4n) is 1.65. The van der Waals surface area contributed by atoms with E-state index in [9.17, 15) is 18.8 Å². The second-order valence-electron chi connectivity index (χ2n) is 7.38. The van der Waals surface area contributed by atoms with Gasteiger partial charge in [0.15, 0.2) is 6.04 Å². The van der Waals surface area contributed by atoms with E-state index in [-0.39, 0.29) is 13.0 Å². The van der Waals surface area contributed by atoms with Crippen molar-refractivity contribution in [2.24, 2.45) is 0 Å². The lowest BCUT2D eigenvalue weighted by Crippen LogP contribution is -2.50. The molecule has 0 unspecified atom stereocenters. The van der Waals surface area contributed by atoms with Gasteiger partial charge in [0.05, 0.1) is 7.11 Å². The van der Waals surface area contributed by atoms with Crippen molar-refractivity contribution in [1.82, 2.24) is 10.6 Å². The lowest BCUT2D eigenvalue weighted by atomic mass is 10.1. The molecule has 0 radical (unpaired) electrons. The van der Waals surface area contributed by atoms with E-state index >= 15 is 0 Å². The molecule has 2 atom stereocenters. The van der Waals surface area contributed by atoms with E-state index in [4.69, 9.17) is 9.47 Å². The van der Waals surface area contributed by atoms with Crippen LogP contribution in [0.1, 0.15) is 48.0 Å². The van der Waals surface area contributed by atoms with Crippen LogP contribution in [0.25, 0.3) is 0 Å². The summed E-state index contributed by atoms with van der Waals surface area (Å²) >= 11 is 0. The molecular formula is C16H29FN2O6. The molecule has 146 valence electrons. The highest BCUT2D eigenvalue weighted by molar-refractivity contribution is 5.82. The van der Waals surface area contributed by atoms with Crippen molar-refractivity contribution < 1.29 is 33.0 Å². The Balaban J connectivity index is 4.60. The number of esters is 1. The van der Waals surface area contributed by atoms with Crippen molar-refractivity contribution in [3.05, 3.63) is 0 Å². The molecule has 0 aliphatic heterocycles. The predicted molar refractivity (Wildman–Crippen MR) is 88.9 cm³/mol. The van der Waals surface area contributed by atoms with Gasteiger partial charge in [-0.05, 0) is 48.0 Å². The third kappa shape index (κ3) is 11.2. The lowest BCUT2D eigenvalue weighted by Gasteiger charge is -2.24. The molecule has 25 heavy (non-hydrogen) atoms. The van der Waals surface area contributed by atoms with Gasteiger partial charge in [-0.2, -0.15) is 0 Å². The Labute approximate surface area is 147 Å². The van der Waals surface area contributed by atoms with Crippen LogP contribution >= 0.6 is 0 Å². The van der Waals surface area contributed by atoms with E-state index in [2.05, 4.69) is 15.4 Å². The fraction of sp³-hybridized carbons (Fsp3) is 0.812. The number of alkyl halides is 1. The Hall–Kier alpha value is -2.06. The van der Waals surface area contributed by atoms with E-state index in [0.717, 1.165) is 7.11 Å². The topological polar surface area (TPSA) is 103 Å².